The molecule has 1 atom stereocenters. The second-order valence-electron chi connectivity index (χ2n) is 5.25. The highest BCUT2D eigenvalue weighted by atomic mass is 35.5. The van der Waals surface area contributed by atoms with E-state index in [1.54, 1.807) is 7.11 Å². The zero-order valence-electron chi connectivity index (χ0n) is 13.0. The first-order valence-electron chi connectivity index (χ1n) is 7.79. The molecule has 0 saturated carbocycles. The van der Waals surface area contributed by atoms with Gasteiger partial charge in [-0.2, -0.15) is 0 Å². The molecule has 1 rings (SSSR count). The molecule has 1 aromatic rings. The predicted molar refractivity (Wildman–Crippen MR) is 87.8 cm³/mol. The number of benzene rings is 1. The first-order chi connectivity index (χ1) is 9.72. The molecule has 0 aliphatic heterocycles. The number of hydrogen-bond acceptors (Lipinski definition) is 2. The summed E-state index contributed by atoms with van der Waals surface area (Å²) in [5.74, 6) is 0.765. The SMILES string of the molecule is CCCCCCC(NCCC)c1ccc(Cl)c(OC)c1. The molecule has 0 aliphatic carbocycles. The van der Waals surface area contributed by atoms with Crippen molar-refractivity contribution in [3.63, 3.8) is 0 Å². The number of nitrogens with one attached hydrogen (secondary N) is 1. The molecule has 0 aliphatic rings. The largest absolute Gasteiger partial charge is 0.495 e. The van der Waals surface area contributed by atoms with E-state index in [0.29, 0.717) is 11.1 Å². The smallest absolute Gasteiger partial charge is 0.137 e. The third-order valence-electron chi connectivity index (χ3n) is 3.56. The van der Waals surface area contributed by atoms with Crippen molar-refractivity contribution in [3.8, 4) is 5.75 Å². The third-order valence-corrected chi connectivity index (χ3v) is 3.88. The van der Waals surface area contributed by atoms with E-state index < -0.39 is 0 Å². The molecule has 1 aromatic carbocycles. The minimum Gasteiger partial charge on any atom is -0.495 e. The molecule has 0 bridgehead atoms. The molecule has 0 aromatic heterocycles. The number of hydrogen-bond donors (Lipinski definition) is 1. The predicted octanol–water partition coefficient (Wildman–Crippen LogP) is 5.36. The van der Waals surface area contributed by atoms with Gasteiger partial charge >= 0.3 is 0 Å². The van der Waals surface area contributed by atoms with Crippen molar-refractivity contribution in [2.24, 2.45) is 0 Å². The maximum atomic E-state index is 6.11. The summed E-state index contributed by atoms with van der Waals surface area (Å²) in [6.07, 6.45) is 7.50. The number of ether oxygens (including phenoxy) is 1. The summed E-state index contributed by atoms with van der Waals surface area (Å²) in [4.78, 5) is 0. The van der Waals surface area contributed by atoms with Crippen LogP contribution in [0.4, 0.5) is 0 Å². The summed E-state index contributed by atoms with van der Waals surface area (Å²) >= 11 is 6.11. The van der Waals surface area contributed by atoms with Crippen LogP contribution in [-0.2, 0) is 0 Å². The Morgan fingerprint density at radius 2 is 1.95 bits per heavy atom. The Kier molecular flexibility index (Phi) is 8.72. The van der Waals surface area contributed by atoms with Crippen LogP contribution in [0.15, 0.2) is 18.2 Å². The van der Waals surface area contributed by atoms with Crippen LogP contribution < -0.4 is 10.1 Å². The molecule has 0 amide bonds. The maximum Gasteiger partial charge on any atom is 0.137 e. The Morgan fingerprint density at radius 3 is 2.60 bits per heavy atom. The van der Waals surface area contributed by atoms with Gasteiger partial charge in [0.05, 0.1) is 12.1 Å². The zero-order chi connectivity index (χ0) is 14.8. The Labute approximate surface area is 128 Å². The lowest BCUT2D eigenvalue weighted by Gasteiger charge is -2.20. The molecule has 2 nitrogen and oxygen atoms in total. The highest BCUT2D eigenvalue weighted by molar-refractivity contribution is 6.32. The summed E-state index contributed by atoms with van der Waals surface area (Å²) in [6, 6.07) is 6.51. The standard InChI is InChI=1S/C17H28ClNO/c1-4-6-7-8-9-16(19-12-5-2)14-10-11-15(18)17(13-14)20-3/h10-11,13,16,19H,4-9,12H2,1-3H3. The fourth-order valence-corrected chi connectivity index (χ4v) is 2.57. The second-order valence-corrected chi connectivity index (χ2v) is 5.66. The first kappa shape index (κ1) is 17.3. The van der Waals surface area contributed by atoms with Crippen molar-refractivity contribution in [3.05, 3.63) is 28.8 Å². The molecular formula is C17H28ClNO. The molecule has 20 heavy (non-hydrogen) atoms. The van der Waals surface area contributed by atoms with Gasteiger partial charge in [-0.1, -0.05) is 57.2 Å². The summed E-state index contributed by atoms with van der Waals surface area (Å²) in [7, 11) is 1.67. The van der Waals surface area contributed by atoms with Crippen LogP contribution in [0.25, 0.3) is 0 Å². The van der Waals surface area contributed by atoms with E-state index in [-0.39, 0.29) is 0 Å². The second kappa shape index (κ2) is 10.1. The van der Waals surface area contributed by atoms with Gasteiger partial charge in [0.15, 0.2) is 0 Å². The zero-order valence-corrected chi connectivity index (χ0v) is 13.8. The molecule has 1 unspecified atom stereocenters. The van der Waals surface area contributed by atoms with E-state index in [4.69, 9.17) is 16.3 Å². The number of halogens is 1. The van der Waals surface area contributed by atoms with Gasteiger partial charge in [-0.25, -0.2) is 0 Å². The summed E-state index contributed by atoms with van der Waals surface area (Å²) in [6.45, 7) is 5.49. The van der Waals surface area contributed by atoms with Crippen molar-refractivity contribution in [2.75, 3.05) is 13.7 Å². The van der Waals surface area contributed by atoms with E-state index in [1.165, 1.54) is 37.7 Å². The highest BCUT2D eigenvalue weighted by Gasteiger charge is 2.12. The number of unbranched alkanes of at least 4 members (excludes halogenated alkanes) is 3. The average molecular weight is 298 g/mol. The van der Waals surface area contributed by atoms with Gasteiger partial charge in [-0.3, -0.25) is 0 Å². The van der Waals surface area contributed by atoms with E-state index in [2.05, 4.69) is 31.3 Å². The molecule has 0 radical (unpaired) electrons. The van der Waals surface area contributed by atoms with E-state index in [0.717, 1.165) is 18.7 Å². The Hall–Kier alpha value is -0.730. The first-order valence-corrected chi connectivity index (χ1v) is 8.17. The third kappa shape index (κ3) is 5.72. The molecule has 3 heteroatoms. The van der Waals surface area contributed by atoms with E-state index in [9.17, 15) is 0 Å². The molecule has 0 spiro atoms. The lowest BCUT2D eigenvalue weighted by atomic mass is 9.99. The topological polar surface area (TPSA) is 21.3 Å². The molecule has 1 N–H and O–H groups in total. The summed E-state index contributed by atoms with van der Waals surface area (Å²) in [5.41, 5.74) is 1.27. The van der Waals surface area contributed by atoms with Crippen LogP contribution >= 0.6 is 11.6 Å². The van der Waals surface area contributed by atoms with Gasteiger partial charge in [-0.05, 0) is 37.1 Å². The Balaban J connectivity index is 2.70. The van der Waals surface area contributed by atoms with Gasteiger partial charge in [0.1, 0.15) is 5.75 Å². The lowest BCUT2D eigenvalue weighted by Crippen LogP contribution is -2.22. The fourth-order valence-electron chi connectivity index (χ4n) is 2.37. The van der Waals surface area contributed by atoms with Crippen LogP contribution in [0.1, 0.15) is 64.0 Å². The number of rotatable bonds is 10. The molecule has 0 fully saturated rings. The van der Waals surface area contributed by atoms with Gasteiger partial charge < -0.3 is 10.1 Å². The molecule has 114 valence electrons. The summed E-state index contributed by atoms with van der Waals surface area (Å²) in [5, 5.41) is 4.31. The van der Waals surface area contributed by atoms with Gasteiger partial charge in [0.25, 0.3) is 0 Å². The van der Waals surface area contributed by atoms with E-state index >= 15 is 0 Å². The van der Waals surface area contributed by atoms with Crippen LogP contribution in [0, 0.1) is 0 Å². The molecular weight excluding hydrogens is 270 g/mol. The quantitative estimate of drug-likeness (QED) is 0.587. The molecule has 0 heterocycles. The van der Waals surface area contributed by atoms with E-state index in [1.807, 2.05) is 6.07 Å². The van der Waals surface area contributed by atoms with Gasteiger partial charge in [-0.15, -0.1) is 0 Å². The Bertz CT molecular complexity index is 381. The number of methoxy groups -OCH3 is 1. The van der Waals surface area contributed by atoms with Crippen LogP contribution in [0.3, 0.4) is 0 Å². The monoisotopic (exact) mass is 297 g/mol. The fraction of sp³-hybridized carbons (Fsp3) is 0.647. The van der Waals surface area contributed by atoms with Crippen molar-refractivity contribution in [2.45, 2.75) is 58.4 Å². The van der Waals surface area contributed by atoms with Crippen LogP contribution in [0.2, 0.25) is 5.02 Å². The van der Waals surface area contributed by atoms with Gasteiger partial charge in [0.2, 0.25) is 0 Å². The molecule has 0 saturated heterocycles. The van der Waals surface area contributed by atoms with Crippen molar-refractivity contribution >= 4 is 11.6 Å². The normalized spacial score (nSPS) is 12.4. The van der Waals surface area contributed by atoms with Crippen molar-refractivity contribution < 1.29 is 4.74 Å². The minimum absolute atomic E-state index is 0.401. The van der Waals surface area contributed by atoms with Crippen molar-refractivity contribution in [1.82, 2.24) is 5.32 Å². The lowest BCUT2D eigenvalue weighted by molar-refractivity contribution is 0.411. The Morgan fingerprint density at radius 1 is 1.15 bits per heavy atom. The average Bonchev–Trinajstić information content (AvgIpc) is 2.47. The summed E-state index contributed by atoms with van der Waals surface area (Å²) < 4.78 is 5.32. The van der Waals surface area contributed by atoms with Crippen molar-refractivity contribution in [1.29, 1.82) is 0 Å². The van der Waals surface area contributed by atoms with Gasteiger partial charge in [0, 0.05) is 6.04 Å². The minimum atomic E-state index is 0.401. The van der Waals surface area contributed by atoms with Crippen LogP contribution in [-0.4, -0.2) is 13.7 Å². The highest BCUT2D eigenvalue weighted by Crippen LogP contribution is 2.29. The maximum absolute atomic E-state index is 6.11. The van der Waals surface area contributed by atoms with Crippen LogP contribution in [0.5, 0.6) is 5.75 Å².